The highest BCUT2D eigenvalue weighted by Gasteiger charge is 2.35. The number of amides is 1. The Morgan fingerprint density at radius 3 is 2.92 bits per heavy atom. The summed E-state index contributed by atoms with van der Waals surface area (Å²) < 4.78 is 0. The molecule has 1 saturated heterocycles. The van der Waals surface area contributed by atoms with E-state index in [1.807, 2.05) is 18.5 Å². The first kappa shape index (κ1) is 8.72. The fourth-order valence-corrected chi connectivity index (χ4v) is 2.59. The second-order valence-electron chi connectivity index (χ2n) is 3.32. The zero-order chi connectivity index (χ0) is 9.42. The van der Waals surface area contributed by atoms with E-state index in [0.29, 0.717) is 0 Å². The number of nitrogens with two attached hydrogens (primary N) is 1. The Morgan fingerprint density at radius 1 is 1.69 bits per heavy atom. The Morgan fingerprint density at radius 2 is 2.46 bits per heavy atom. The molecule has 1 amide bonds. The molecule has 2 rings (SSSR count). The zero-order valence-corrected chi connectivity index (χ0v) is 8.25. The van der Waals surface area contributed by atoms with E-state index in [1.165, 1.54) is 4.88 Å². The smallest absolute Gasteiger partial charge is 0.239 e. The number of hydrogen-bond donors (Lipinski definition) is 1. The maximum atomic E-state index is 11.4. The number of likely N-dealkylation sites (tertiary alicyclic amines) is 1. The first-order valence-electron chi connectivity index (χ1n) is 4.26. The SMILES string of the molecule is CN1C(=O)C(N)CC1c1cccs1. The van der Waals surface area contributed by atoms with Crippen LogP contribution in [-0.4, -0.2) is 23.9 Å². The quantitative estimate of drug-likeness (QED) is 0.727. The molecule has 0 saturated carbocycles. The Balaban J connectivity index is 2.23. The number of carbonyl (C=O) groups is 1. The van der Waals surface area contributed by atoms with E-state index < -0.39 is 0 Å². The van der Waals surface area contributed by atoms with E-state index >= 15 is 0 Å². The molecule has 1 aromatic heterocycles. The summed E-state index contributed by atoms with van der Waals surface area (Å²) in [7, 11) is 1.82. The summed E-state index contributed by atoms with van der Waals surface area (Å²) in [6.45, 7) is 0. The highest BCUT2D eigenvalue weighted by molar-refractivity contribution is 7.10. The van der Waals surface area contributed by atoms with Crippen LogP contribution in [-0.2, 0) is 4.79 Å². The summed E-state index contributed by atoms with van der Waals surface area (Å²) in [5.74, 6) is 0.0541. The Bertz CT molecular complexity index is 309. The van der Waals surface area contributed by atoms with Crippen molar-refractivity contribution in [1.82, 2.24) is 4.90 Å². The van der Waals surface area contributed by atoms with Crippen LogP contribution in [0.25, 0.3) is 0 Å². The van der Waals surface area contributed by atoms with Crippen LogP contribution < -0.4 is 5.73 Å². The minimum Gasteiger partial charge on any atom is -0.336 e. The van der Waals surface area contributed by atoms with E-state index in [-0.39, 0.29) is 18.0 Å². The van der Waals surface area contributed by atoms with Crippen molar-refractivity contribution < 1.29 is 4.79 Å². The molecule has 1 aliphatic rings. The third kappa shape index (κ3) is 1.36. The number of carbonyl (C=O) groups excluding carboxylic acids is 1. The van der Waals surface area contributed by atoms with Crippen LogP contribution in [0.5, 0.6) is 0 Å². The van der Waals surface area contributed by atoms with E-state index in [9.17, 15) is 4.79 Å². The molecular weight excluding hydrogens is 184 g/mol. The van der Waals surface area contributed by atoms with Crippen molar-refractivity contribution in [2.75, 3.05) is 7.05 Å². The molecule has 0 spiro atoms. The van der Waals surface area contributed by atoms with Gasteiger partial charge >= 0.3 is 0 Å². The van der Waals surface area contributed by atoms with Crippen molar-refractivity contribution in [3.8, 4) is 0 Å². The average molecular weight is 196 g/mol. The zero-order valence-electron chi connectivity index (χ0n) is 7.43. The summed E-state index contributed by atoms with van der Waals surface area (Å²) in [4.78, 5) is 14.4. The fraction of sp³-hybridized carbons (Fsp3) is 0.444. The fourth-order valence-electron chi connectivity index (χ4n) is 1.70. The van der Waals surface area contributed by atoms with E-state index in [1.54, 1.807) is 16.2 Å². The molecular formula is C9H12N2OS. The van der Waals surface area contributed by atoms with Gasteiger partial charge in [0.15, 0.2) is 0 Å². The number of hydrogen-bond acceptors (Lipinski definition) is 3. The monoisotopic (exact) mass is 196 g/mol. The third-order valence-corrected chi connectivity index (χ3v) is 3.45. The van der Waals surface area contributed by atoms with Gasteiger partial charge in [-0.05, 0) is 17.9 Å². The topological polar surface area (TPSA) is 46.3 Å². The van der Waals surface area contributed by atoms with E-state index in [2.05, 4.69) is 6.07 Å². The van der Waals surface area contributed by atoms with Crippen LogP contribution in [0.3, 0.4) is 0 Å². The lowest BCUT2D eigenvalue weighted by atomic mass is 10.1. The van der Waals surface area contributed by atoms with Gasteiger partial charge in [-0.3, -0.25) is 4.79 Å². The molecule has 0 bridgehead atoms. The minimum absolute atomic E-state index is 0.0541. The summed E-state index contributed by atoms with van der Waals surface area (Å²) in [5, 5.41) is 2.03. The second-order valence-corrected chi connectivity index (χ2v) is 4.30. The number of rotatable bonds is 1. The predicted molar refractivity (Wildman–Crippen MR) is 52.4 cm³/mol. The van der Waals surface area contributed by atoms with Gasteiger partial charge in [0.05, 0.1) is 12.1 Å². The van der Waals surface area contributed by atoms with Crippen molar-refractivity contribution in [1.29, 1.82) is 0 Å². The molecule has 3 nitrogen and oxygen atoms in total. The lowest BCUT2D eigenvalue weighted by molar-refractivity contribution is -0.128. The largest absolute Gasteiger partial charge is 0.336 e. The molecule has 2 N–H and O–H groups in total. The molecule has 2 heterocycles. The van der Waals surface area contributed by atoms with Crippen molar-refractivity contribution in [2.24, 2.45) is 5.73 Å². The summed E-state index contributed by atoms with van der Waals surface area (Å²) in [5.41, 5.74) is 5.68. The number of likely N-dealkylation sites (N-methyl/N-ethyl adjacent to an activating group) is 1. The highest BCUT2D eigenvalue weighted by atomic mass is 32.1. The van der Waals surface area contributed by atoms with Gasteiger partial charge in [0.2, 0.25) is 5.91 Å². The third-order valence-electron chi connectivity index (χ3n) is 2.48. The molecule has 0 aromatic carbocycles. The summed E-state index contributed by atoms with van der Waals surface area (Å²) in [6, 6.07) is 3.94. The van der Waals surface area contributed by atoms with Gasteiger partial charge in [0, 0.05) is 11.9 Å². The van der Waals surface area contributed by atoms with Crippen LogP contribution >= 0.6 is 11.3 Å². The van der Waals surface area contributed by atoms with Crippen LogP contribution in [0.1, 0.15) is 17.3 Å². The van der Waals surface area contributed by atoms with Gasteiger partial charge in [-0.2, -0.15) is 0 Å². The molecule has 0 aliphatic carbocycles. The Kier molecular flexibility index (Phi) is 2.09. The van der Waals surface area contributed by atoms with Gasteiger partial charge < -0.3 is 10.6 Å². The van der Waals surface area contributed by atoms with Gasteiger partial charge in [0.1, 0.15) is 0 Å². The molecule has 2 unspecified atom stereocenters. The highest BCUT2D eigenvalue weighted by Crippen LogP contribution is 2.33. The first-order valence-corrected chi connectivity index (χ1v) is 5.14. The predicted octanol–water partition coefficient (Wildman–Crippen LogP) is 0.979. The summed E-state index contributed by atoms with van der Waals surface area (Å²) >= 11 is 1.68. The molecule has 1 aliphatic heterocycles. The van der Waals surface area contributed by atoms with Crippen molar-refractivity contribution in [3.63, 3.8) is 0 Å². The molecule has 0 radical (unpaired) electrons. The summed E-state index contributed by atoms with van der Waals surface area (Å²) in [6.07, 6.45) is 0.746. The van der Waals surface area contributed by atoms with Crippen molar-refractivity contribution in [3.05, 3.63) is 22.4 Å². The Hall–Kier alpha value is -0.870. The lowest BCUT2D eigenvalue weighted by Crippen LogP contribution is -2.31. The van der Waals surface area contributed by atoms with Gasteiger partial charge in [0.25, 0.3) is 0 Å². The van der Waals surface area contributed by atoms with Crippen molar-refractivity contribution >= 4 is 17.2 Å². The van der Waals surface area contributed by atoms with Crippen LogP contribution in [0.15, 0.2) is 17.5 Å². The van der Waals surface area contributed by atoms with E-state index in [4.69, 9.17) is 5.73 Å². The molecule has 4 heteroatoms. The molecule has 1 fully saturated rings. The molecule has 1 aromatic rings. The number of thiophene rings is 1. The second kappa shape index (κ2) is 3.12. The molecule has 2 atom stereocenters. The first-order chi connectivity index (χ1) is 6.20. The van der Waals surface area contributed by atoms with Crippen LogP contribution in [0.4, 0.5) is 0 Å². The molecule has 13 heavy (non-hydrogen) atoms. The lowest BCUT2D eigenvalue weighted by Gasteiger charge is -2.17. The number of nitrogens with zero attached hydrogens (tertiary/aromatic N) is 1. The van der Waals surface area contributed by atoms with Gasteiger partial charge in [-0.15, -0.1) is 11.3 Å². The van der Waals surface area contributed by atoms with E-state index in [0.717, 1.165) is 6.42 Å². The average Bonchev–Trinajstić information content (AvgIpc) is 2.70. The maximum Gasteiger partial charge on any atom is 0.239 e. The van der Waals surface area contributed by atoms with Crippen molar-refractivity contribution in [2.45, 2.75) is 18.5 Å². The van der Waals surface area contributed by atoms with Gasteiger partial charge in [-0.25, -0.2) is 0 Å². The van der Waals surface area contributed by atoms with Gasteiger partial charge in [-0.1, -0.05) is 6.07 Å². The standard InChI is InChI=1S/C9H12N2OS/c1-11-7(5-6(10)9(11)12)8-3-2-4-13-8/h2-4,6-7H,5,10H2,1H3. The maximum absolute atomic E-state index is 11.4. The van der Waals surface area contributed by atoms with Crippen LogP contribution in [0, 0.1) is 0 Å². The molecule has 70 valence electrons. The normalized spacial score (nSPS) is 28.5. The Labute approximate surface area is 81.2 Å². The minimum atomic E-state index is -0.308. The van der Waals surface area contributed by atoms with Crippen LogP contribution in [0.2, 0.25) is 0 Å².